The number of aliphatic hydroxyl groups excluding tert-OH is 1. The summed E-state index contributed by atoms with van der Waals surface area (Å²) >= 11 is 0. The molecule has 1 aliphatic rings. The number of amides is 1. The van der Waals surface area contributed by atoms with Crippen molar-refractivity contribution in [1.82, 2.24) is 5.32 Å². The zero-order valence-corrected chi connectivity index (χ0v) is 8.70. The third kappa shape index (κ3) is 2.96. The minimum absolute atomic E-state index is 0.269. The van der Waals surface area contributed by atoms with E-state index in [1.807, 2.05) is 6.92 Å². The van der Waals surface area contributed by atoms with Crippen LogP contribution in [0.2, 0.25) is 0 Å². The molecule has 0 spiro atoms. The van der Waals surface area contributed by atoms with Crippen LogP contribution in [0.1, 0.15) is 39.0 Å². The Hall–Kier alpha value is -0.610. The molecule has 0 saturated heterocycles. The highest BCUT2D eigenvalue weighted by atomic mass is 16.3. The molecule has 0 aliphatic heterocycles. The molecule has 0 aromatic carbocycles. The molecule has 1 amide bonds. The maximum Gasteiger partial charge on any atom is 0.250 e. The number of hydrogen-bond acceptors (Lipinski definition) is 3. The maximum absolute atomic E-state index is 11.4. The average molecular weight is 200 g/mol. The van der Waals surface area contributed by atoms with Crippen molar-refractivity contribution in [3.05, 3.63) is 0 Å². The van der Waals surface area contributed by atoms with Crippen molar-refractivity contribution in [3.63, 3.8) is 0 Å². The minimum Gasteiger partial charge on any atom is -0.382 e. The number of nitrogens with two attached hydrogens (primary N) is 1. The van der Waals surface area contributed by atoms with Gasteiger partial charge in [-0.1, -0.05) is 13.3 Å². The molecular formula is C10H20N2O2. The van der Waals surface area contributed by atoms with Crippen molar-refractivity contribution in [2.45, 2.75) is 57.2 Å². The Bertz CT molecular complexity index is 193. The van der Waals surface area contributed by atoms with Crippen molar-refractivity contribution in [2.75, 3.05) is 0 Å². The first-order valence-electron chi connectivity index (χ1n) is 5.39. The molecule has 0 unspecified atom stereocenters. The first-order chi connectivity index (χ1) is 6.65. The predicted octanol–water partition coefficient (Wildman–Crippen LogP) is 0.143. The molecule has 1 saturated carbocycles. The normalized spacial score (nSPS) is 21.1. The standard InChI is InChI=1S/C10H20N2O2/c1-2-4-8(11)9(13)10(14)12-7-5-3-6-7/h7-9,13H,2-6,11H2,1H3,(H,12,14)/t8-,9-/m0/s1. The number of carbonyl (C=O) groups excluding carboxylic acids is 1. The second kappa shape index (κ2) is 5.32. The van der Waals surface area contributed by atoms with Gasteiger partial charge in [-0.3, -0.25) is 4.79 Å². The van der Waals surface area contributed by atoms with Gasteiger partial charge >= 0.3 is 0 Å². The smallest absolute Gasteiger partial charge is 0.250 e. The third-order valence-electron chi connectivity index (χ3n) is 2.75. The molecular weight excluding hydrogens is 180 g/mol. The summed E-state index contributed by atoms with van der Waals surface area (Å²) in [5.74, 6) is -0.310. The maximum atomic E-state index is 11.4. The Kier molecular flexibility index (Phi) is 4.35. The second-order valence-corrected chi connectivity index (χ2v) is 4.03. The van der Waals surface area contributed by atoms with Gasteiger partial charge in [0, 0.05) is 12.1 Å². The average Bonchev–Trinajstić information content (AvgIpc) is 2.10. The van der Waals surface area contributed by atoms with Crippen LogP contribution in [-0.2, 0) is 4.79 Å². The fourth-order valence-electron chi connectivity index (χ4n) is 1.52. The summed E-state index contributed by atoms with van der Waals surface area (Å²) in [6, 6.07) is -0.161. The molecule has 2 atom stereocenters. The van der Waals surface area contributed by atoms with Crippen molar-refractivity contribution >= 4 is 5.91 Å². The van der Waals surface area contributed by atoms with Crippen LogP contribution >= 0.6 is 0 Å². The molecule has 1 fully saturated rings. The van der Waals surface area contributed by atoms with Gasteiger partial charge in [0.2, 0.25) is 0 Å². The molecule has 0 bridgehead atoms. The van der Waals surface area contributed by atoms with E-state index in [1.165, 1.54) is 6.42 Å². The van der Waals surface area contributed by atoms with Gasteiger partial charge < -0.3 is 16.2 Å². The van der Waals surface area contributed by atoms with Gasteiger partial charge in [0.1, 0.15) is 6.10 Å². The lowest BCUT2D eigenvalue weighted by molar-refractivity contribution is -0.131. The summed E-state index contributed by atoms with van der Waals surface area (Å²) < 4.78 is 0. The summed E-state index contributed by atoms with van der Waals surface area (Å²) in [7, 11) is 0. The Balaban J connectivity index is 2.26. The van der Waals surface area contributed by atoms with Crippen molar-refractivity contribution in [2.24, 2.45) is 5.73 Å². The van der Waals surface area contributed by atoms with Gasteiger partial charge in [0.05, 0.1) is 0 Å². The van der Waals surface area contributed by atoms with Crippen LogP contribution in [0.3, 0.4) is 0 Å². The summed E-state index contributed by atoms with van der Waals surface area (Å²) in [4.78, 5) is 11.4. The van der Waals surface area contributed by atoms with E-state index in [0.29, 0.717) is 6.42 Å². The molecule has 4 heteroatoms. The molecule has 1 aliphatic carbocycles. The first-order valence-corrected chi connectivity index (χ1v) is 5.39. The van der Waals surface area contributed by atoms with Crippen LogP contribution in [0.4, 0.5) is 0 Å². The van der Waals surface area contributed by atoms with E-state index in [2.05, 4.69) is 5.32 Å². The molecule has 0 aromatic rings. The van der Waals surface area contributed by atoms with Crippen LogP contribution in [0, 0.1) is 0 Å². The van der Waals surface area contributed by atoms with Gasteiger partial charge in [-0.15, -0.1) is 0 Å². The quantitative estimate of drug-likeness (QED) is 0.591. The fourth-order valence-corrected chi connectivity index (χ4v) is 1.52. The largest absolute Gasteiger partial charge is 0.382 e. The minimum atomic E-state index is -1.05. The first kappa shape index (κ1) is 11.5. The molecule has 0 aromatic heterocycles. The lowest BCUT2D eigenvalue weighted by Crippen LogP contribution is -2.50. The number of rotatable bonds is 5. The summed E-state index contributed by atoms with van der Waals surface area (Å²) in [6.45, 7) is 1.98. The predicted molar refractivity (Wildman–Crippen MR) is 54.7 cm³/mol. The highest BCUT2D eigenvalue weighted by molar-refractivity contribution is 5.81. The fraction of sp³-hybridized carbons (Fsp3) is 0.900. The highest BCUT2D eigenvalue weighted by Gasteiger charge is 2.26. The molecule has 0 heterocycles. The Morgan fingerprint density at radius 1 is 1.64 bits per heavy atom. The Morgan fingerprint density at radius 2 is 2.29 bits per heavy atom. The van der Waals surface area contributed by atoms with E-state index < -0.39 is 12.1 Å². The highest BCUT2D eigenvalue weighted by Crippen LogP contribution is 2.18. The molecule has 14 heavy (non-hydrogen) atoms. The van der Waals surface area contributed by atoms with Gasteiger partial charge in [0.25, 0.3) is 5.91 Å². The number of carbonyl (C=O) groups is 1. The lowest BCUT2D eigenvalue weighted by atomic mass is 9.92. The van der Waals surface area contributed by atoms with Gasteiger partial charge in [-0.2, -0.15) is 0 Å². The van der Waals surface area contributed by atoms with E-state index >= 15 is 0 Å². The third-order valence-corrected chi connectivity index (χ3v) is 2.75. The van der Waals surface area contributed by atoms with Gasteiger partial charge in [-0.05, 0) is 25.7 Å². The van der Waals surface area contributed by atoms with E-state index in [9.17, 15) is 9.90 Å². The molecule has 0 radical (unpaired) electrons. The zero-order valence-electron chi connectivity index (χ0n) is 8.70. The van der Waals surface area contributed by atoms with Crippen LogP contribution < -0.4 is 11.1 Å². The molecule has 4 nitrogen and oxygen atoms in total. The van der Waals surface area contributed by atoms with Crippen LogP contribution in [0.25, 0.3) is 0 Å². The summed E-state index contributed by atoms with van der Waals surface area (Å²) in [5, 5.41) is 12.3. The monoisotopic (exact) mass is 200 g/mol. The number of hydrogen-bond donors (Lipinski definition) is 3. The second-order valence-electron chi connectivity index (χ2n) is 4.03. The SMILES string of the molecule is CCC[C@H](N)[C@H](O)C(=O)NC1CCC1. The van der Waals surface area contributed by atoms with E-state index in [-0.39, 0.29) is 11.9 Å². The number of nitrogens with one attached hydrogen (secondary N) is 1. The lowest BCUT2D eigenvalue weighted by Gasteiger charge is -2.28. The van der Waals surface area contributed by atoms with Crippen LogP contribution in [-0.4, -0.2) is 29.2 Å². The summed E-state index contributed by atoms with van der Waals surface area (Å²) in [5.41, 5.74) is 5.65. The van der Waals surface area contributed by atoms with Crippen molar-refractivity contribution in [1.29, 1.82) is 0 Å². The Labute approximate surface area is 84.9 Å². The number of aliphatic hydroxyl groups is 1. The van der Waals surface area contributed by atoms with Gasteiger partial charge in [0.15, 0.2) is 0 Å². The molecule has 1 rings (SSSR count). The molecule has 4 N–H and O–H groups in total. The van der Waals surface area contributed by atoms with Crippen LogP contribution in [0.5, 0.6) is 0 Å². The molecule has 82 valence electrons. The van der Waals surface area contributed by atoms with E-state index in [1.54, 1.807) is 0 Å². The van der Waals surface area contributed by atoms with E-state index in [4.69, 9.17) is 5.73 Å². The van der Waals surface area contributed by atoms with Crippen molar-refractivity contribution in [3.8, 4) is 0 Å². The Morgan fingerprint density at radius 3 is 2.71 bits per heavy atom. The zero-order chi connectivity index (χ0) is 10.6. The van der Waals surface area contributed by atoms with E-state index in [0.717, 1.165) is 19.3 Å². The van der Waals surface area contributed by atoms with Crippen molar-refractivity contribution < 1.29 is 9.90 Å². The van der Waals surface area contributed by atoms with Gasteiger partial charge in [-0.25, -0.2) is 0 Å². The summed E-state index contributed by atoms with van der Waals surface area (Å²) in [6.07, 6.45) is 3.75. The topological polar surface area (TPSA) is 75.3 Å². The van der Waals surface area contributed by atoms with Crippen LogP contribution in [0.15, 0.2) is 0 Å².